The number of carbonyl (C=O) groups is 3. The summed E-state index contributed by atoms with van der Waals surface area (Å²) in [5.74, 6) is -1.68. The van der Waals surface area contributed by atoms with Crippen molar-refractivity contribution in [2.45, 2.75) is 4.90 Å². The van der Waals surface area contributed by atoms with Gasteiger partial charge >= 0.3 is 5.97 Å². The van der Waals surface area contributed by atoms with Gasteiger partial charge in [0.25, 0.3) is 5.91 Å². The lowest BCUT2D eigenvalue weighted by molar-refractivity contribution is -0.137. The standard InChI is InChI=1S/C16H21N3O6S/c1-4-9-18-26(23,24)13-7-5-12(6-8-13)16(22)25-11-15(21)19(3)10-14(20)17-2/h4-8,18H,1,9-11H2,2-3H3,(H,17,20). The molecule has 0 spiro atoms. The van der Waals surface area contributed by atoms with E-state index in [-0.39, 0.29) is 29.5 Å². The molecule has 10 heteroatoms. The average molecular weight is 383 g/mol. The largest absolute Gasteiger partial charge is 0.452 e. The number of nitrogens with one attached hydrogen (secondary N) is 2. The topological polar surface area (TPSA) is 122 Å². The predicted octanol–water partition coefficient (Wildman–Crippen LogP) is -0.488. The van der Waals surface area contributed by atoms with E-state index in [0.717, 1.165) is 4.90 Å². The van der Waals surface area contributed by atoms with Gasteiger partial charge in [-0.3, -0.25) is 9.59 Å². The third-order valence-corrected chi connectivity index (χ3v) is 4.67. The second-order valence-corrected chi connectivity index (χ2v) is 6.93. The van der Waals surface area contributed by atoms with Gasteiger partial charge in [0.1, 0.15) is 0 Å². The van der Waals surface area contributed by atoms with E-state index < -0.39 is 28.5 Å². The zero-order valence-corrected chi connectivity index (χ0v) is 15.3. The first kappa shape index (κ1) is 21.3. The number of ether oxygens (including phenoxy) is 1. The van der Waals surface area contributed by atoms with Crippen LogP contribution in [0.5, 0.6) is 0 Å². The Balaban J connectivity index is 2.64. The summed E-state index contributed by atoms with van der Waals surface area (Å²) in [4.78, 5) is 36.0. The van der Waals surface area contributed by atoms with Gasteiger partial charge in [-0.25, -0.2) is 17.9 Å². The molecule has 0 aromatic heterocycles. The predicted molar refractivity (Wildman–Crippen MR) is 93.8 cm³/mol. The van der Waals surface area contributed by atoms with Crippen molar-refractivity contribution in [3.05, 3.63) is 42.5 Å². The van der Waals surface area contributed by atoms with Crippen molar-refractivity contribution in [3.8, 4) is 0 Å². The maximum Gasteiger partial charge on any atom is 0.338 e. The third kappa shape index (κ3) is 6.30. The molecule has 26 heavy (non-hydrogen) atoms. The molecule has 0 heterocycles. The van der Waals surface area contributed by atoms with E-state index >= 15 is 0 Å². The first-order chi connectivity index (χ1) is 12.2. The number of nitrogens with zero attached hydrogens (tertiary/aromatic N) is 1. The number of amides is 2. The first-order valence-corrected chi connectivity index (χ1v) is 9.02. The van der Waals surface area contributed by atoms with Crippen molar-refractivity contribution in [2.75, 3.05) is 33.8 Å². The second-order valence-electron chi connectivity index (χ2n) is 5.16. The molecule has 1 aromatic rings. The lowest BCUT2D eigenvalue weighted by Gasteiger charge is -2.15. The fourth-order valence-corrected chi connectivity index (χ4v) is 2.72. The summed E-state index contributed by atoms with van der Waals surface area (Å²) >= 11 is 0. The molecule has 0 saturated heterocycles. The van der Waals surface area contributed by atoms with E-state index in [1.165, 1.54) is 44.4 Å². The fourth-order valence-electron chi connectivity index (χ4n) is 1.73. The summed E-state index contributed by atoms with van der Waals surface area (Å²) in [6.07, 6.45) is 1.40. The normalized spacial score (nSPS) is 10.7. The molecule has 142 valence electrons. The van der Waals surface area contributed by atoms with Crippen LogP contribution in [0, 0.1) is 0 Å². The van der Waals surface area contributed by atoms with Crippen LogP contribution >= 0.6 is 0 Å². The molecule has 9 nitrogen and oxygen atoms in total. The van der Waals surface area contributed by atoms with Gasteiger partial charge < -0.3 is 15.0 Å². The van der Waals surface area contributed by atoms with Crippen molar-refractivity contribution in [2.24, 2.45) is 0 Å². The smallest absolute Gasteiger partial charge is 0.338 e. The molecule has 0 saturated carbocycles. The summed E-state index contributed by atoms with van der Waals surface area (Å²) in [6, 6.07) is 5.07. The van der Waals surface area contributed by atoms with E-state index in [0.29, 0.717) is 0 Å². The van der Waals surface area contributed by atoms with Crippen molar-refractivity contribution in [3.63, 3.8) is 0 Å². The third-order valence-electron chi connectivity index (χ3n) is 3.23. The molecule has 0 unspecified atom stereocenters. The van der Waals surface area contributed by atoms with Gasteiger partial charge in [-0.2, -0.15) is 0 Å². The maximum absolute atomic E-state index is 11.9. The van der Waals surface area contributed by atoms with Crippen molar-refractivity contribution < 1.29 is 27.5 Å². The van der Waals surface area contributed by atoms with Crippen LogP contribution in [0.3, 0.4) is 0 Å². The van der Waals surface area contributed by atoms with E-state index in [1.807, 2.05) is 0 Å². The highest BCUT2D eigenvalue weighted by molar-refractivity contribution is 7.89. The highest BCUT2D eigenvalue weighted by Gasteiger charge is 2.17. The van der Waals surface area contributed by atoms with Crippen LogP contribution in [0.4, 0.5) is 0 Å². The molecule has 2 N–H and O–H groups in total. The Labute approximate surface area is 152 Å². The van der Waals surface area contributed by atoms with Crippen LogP contribution in [0.25, 0.3) is 0 Å². The van der Waals surface area contributed by atoms with Gasteiger partial charge in [0.15, 0.2) is 6.61 Å². The molecule has 1 rings (SSSR count). The van der Waals surface area contributed by atoms with Gasteiger partial charge in [0, 0.05) is 20.6 Å². The van der Waals surface area contributed by atoms with E-state index in [9.17, 15) is 22.8 Å². The summed E-state index contributed by atoms with van der Waals surface area (Å²) in [5.41, 5.74) is 0.0921. The molecule has 0 aliphatic heterocycles. The SMILES string of the molecule is C=CCNS(=O)(=O)c1ccc(C(=O)OCC(=O)N(C)CC(=O)NC)cc1. The molecular formula is C16H21N3O6S. The summed E-state index contributed by atoms with van der Waals surface area (Å²) in [6.45, 7) is 2.81. The Morgan fingerprint density at radius 1 is 1.23 bits per heavy atom. The van der Waals surface area contributed by atoms with Gasteiger partial charge in [-0.1, -0.05) is 6.08 Å². The number of likely N-dealkylation sites (N-methyl/N-ethyl adjacent to an activating group) is 2. The molecule has 0 fully saturated rings. The zero-order chi connectivity index (χ0) is 19.7. The number of sulfonamides is 1. The van der Waals surface area contributed by atoms with E-state index in [4.69, 9.17) is 4.74 Å². The molecule has 0 bridgehead atoms. The number of benzene rings is 1. The van der Waals surface area contributed by atoms with Gasteiger partial charge in [-0.05, 0) is 24.3 Å². The lowest BCUT2D eigenvalue weighted by atomic mass is 10.2. The van der Waals surface area contributed by atoms with Crippen LogP contribution in [-0.4, -0.2) is 64.9 Å². The van der Waals surface area contributed by atoms with Crippen LogP contribution in [0.15, 0.2) is 41.8 Å². The Kier molecular flexibility index (Phi) is 7.94. The van der Waals surface area contributed by atoms with E-state index in [2.05, 4.69) is 16.6 Å². The quantitative estimate of drug-likeness (QED) is 0.438. The molecule has 0 aliphatic carbocycles. The van der Waals surface area contributed by atoms with Crippen LogP contribution < -0.4 is 10.0 Å². The highest BCUT2D eigenvalue weighted by atomic mass is 32.2. The van der Waals surface area contributed by atoms with Gasteiger partial charge in [0.2, 0.25) is 15.9 Å². The van der Waals surface area contributed by atoms with Gasteiger partial charge in [-0.15, -0.1) is 6.58 Å². The molecule has 2 amide bonds. The average Bonchev–Trinajstić information content (AvgIpc) is 2.63. The second kappa shape index (κ2) is 9.68. The molecule has 0 atom stereocenters. The Morgan fingerprint density at radius 2 is 1.85 bits per heavy atom. The molecule has 0 radical (unpaired) electrons. The Bertz CT molecular complexity index is 774. The van der Waals surface area contributed by atoms with E-state index in [1.54, 1.807) is 0 Å². The fraction of sp³-hybridized carbons (Fsp3) is 0.312. The van der Waals surface area contributed by atoms with Crippen molar-refractivity contribution >= 4 is 27.8 Å². The maximum atomic E-state index is 11.9. The minimum atomic E-state index is -3.69. The van der Waals surface area contributed by atoms with Crippen LogP contribution in [0.2, 0.25) is 0 Å². The minimum Gasteiger partial charge on any atom is -0.452 e. The molecular weight excluding hydrogens is 362 g/mol. The number of carbonyl (C=O) groups excluding carboxylic acids is 3. The van der Waals surface area contributed by atoms with Gasteiger partial charge in [0.05, 0.1) is 17.0 Å². The van der Waals surface area contributed by atoms with Crippen molar-refractivity contribution in [1.82, 2.24) is 14.9 Å². The number of esters is 1. The number of rotatable bonds is 9. The molecule has 0 aliphatic rings. The summed E-state index contributed by atoms with van der Waals surface area (Å²) in [5, 5.41) is 2.37. The Morgan fingerprint density at radius 3 is 2.38 bits per heavy atom. The van der Waals surface area contributed by atoms with Crippen molar-refractivity contribution in [1.29, 1.82) is 0 Å². The first-order valence-electron chi connectivity index (χ1n) is 7.53. The Hall–Kier alpha value is -2.72. The molecule has 1 aromatic carbocycles. The van der Waals surface area contributed by atoms with Crippen LogP contribution in [0.1, 0.15) is 10.4 Å². The lowest BCUT2D eigenvalue weighted by Crippen LogP contribution is -2.39. The summed E-state index contributed by atoms with van der Waals surface area (Å²) < 4.78 is 31.0. The number of hydrogen-bond donors (Lipinski definition) is 2. The van der Waals surface area contributed by atoms with Crippen LogP contribution in [-0.2, 0) is 24.3 Å². The zero-order valence-electron chi connectivity index (χ0n) is 14.5. The minimum absolute atomic E-state index is 0.0164. The highest BCUT2D eigenvalue weighted by Crippen LogP contribution is 2.11. The monoisotopic (exact) mass is 383 g/mol. The summed E-state index contributed by atoms with van der Waals surface area (Å²) in [7, 11) is -0.842. The number of hydrogen-bond acceptors (Lipinski definition) is 6.